The number of ether oxygens (including phenoxy) is 9. The average molecular weight is 1510 g/mol. The smallest absolute Gasteiger partial charge is 0.497 e. The van der Waals surface area contributed by atoms with Gasteiger partial charge in [0.1, 0.15) is 54.6 Å². The molecule has 0 saturated heterocycles. The molecular formula is C61H30Cl12N8O9Zn. The van der Waals surface area contributed by atoms with Crippen LogP contribution in [0.1, 0.15) is 0 Å². The molecule has 13 rings (SSSR count). The first-order valence-corrected chi connectivity index (χ1v) is 30.3. The van der Waals surface area contributed by atoms with Crippen LogP contribution < -0.4 is 52.6 Å². The molecule has 0 N–H and O–H groups in total. The minimum atomic E-state index is -0.205. The topological polar surface area (TPSA) is 189 Å². The summed E-state index contributed by atoms with van der Waals surface area (Å²) in [6, 6.07) is 24.8. The summed E-state index contributed by atoms with van der Waals surface area (Å²) in [6.07, 6.45) is 0. The maximum atomic E-state index is 7.54. The Morgan fingerprint density at radius 2 is 0.527 bits per heavy atom. The zero-order valence-corrected chi connectivity index (χ0v) is 58.7. The minimum absolute atomic E-state index is 0. The van der Waals surface area contributed by atoms with Gasteiger partial charge in [-0.15, -0.1) is 0 Å². The molecule has 17 nitrogen and oxygen atoms in total. The van der Waals surface area contributed by atoms with Gasteiger partial charge in [-0.25, -0.2) is 9.97 Å². The first-order chi connectivity index (χ1) is 43.4. The first-order valence-electron chi connectivity index (χ1n) is 25.7. The molecule has 0 unspecified atom stereocenters. The van der Waals surface area contributed by atoms with Crippen LogP contribution in [-0.4, -0.2) is 65.5 Å². The van der Waals surface area contributed by atoms with E-state index < -0.39 is 0 Å². The number of para-hydroxylation sites is 1. The van der Waals surface area contributed by atoms with Crippen LogP contribution in [0.25, 0.3) is 89.7 Å². The summed E-state index contributed by atoms with van der Waals surface area (Å²) in [5.74, 6) is 1.85. The average Bonchev–Trinajstić information content (AvgIpc) is 1.61. The van der Waals surface area contributed by atoms with Crippen LogP contribution in [-0.2, 0) is 19.5 Å². The number of hydrogen-bond acceptors (Lipinski definition) is 15. The fraction of sp³-hybridized carbons (Fsp3) is 0.0820. The van der Waals surface area contributed by atoms with Crippen LogP contribution in [0, 0.1) is 0 Å². The van der Waals surface area contributed by atoms with Crippen molar-refractivity contribution in [3.8, 4) is 120 Å². The van der Waals surface area contributed by atoms with Crippen LogP contribution in [0.2, 0.25) is 60.3 Å². The number of fused-ring (bicyclic) bond motifs is 20. The van der Waals surface area contributed by atoms with Crippen LogP contribution in [0.3, 0.4) is 0 Å². The Morgan fingerprint density at radius 3 is 0.835 bits per heavy atom. The van der Waals surface area contributed by atoms with Gasteiger partial charge in [0, 0.05) is 66.4 Å². The Labute approximate surface area is 587 Å². The molecule has 0 saturated carbocycles. The predicted molar refractivity (Wildman–Crippen MR) is 353 cm³/mol. The maximum absolute atomic E-state index is 7.54. The van der Waals surface area contributed by atoms with Gasteiger partial charge < -0.3 is 72.5 Å². The van der Waals surface area contributed by atoms with Crippen LogP contribution in [0.15, 0.2) is 91.0 Å². The molecule has 3 aromatic heterocycles. The van der Waals surface area contributed by atoms with Crippen molar-refractivity contribution in [2.24, 2.45) is 0 Å². The number of aromatic nitrogens is 8. The summed E-state index contributed by atoms with van der Waals surface area (Å²) >= 11 is 88.2. The molecule has 454 valence electrons. The van der Waals surface area contributed by atoms with Crippen molar-refractivity contribution >= 4 is 183 Å². The fourth-order valence-corrected chi connectivity index (χ4v) is 13.2. The monoisotopic (exact) mass is 1500 g/mol. The minimum Gasteiger partial charge on any atom is -0.497 e. The number of benzene rings is 8. The second-order valence-electron chi connectivity index (χ2n) is 19.0. The van der Waals surface area contributed by atoms with Crippen LogP contribution in [0.4, 0.5) is 0 Å². The molecule has 0 radical (unpaired) electrons. The van der Waals surface area contributed by atoms with Crippen molar-refractivity contribution in [2.75, 3.05) is 35.5 Å². The largest absolute Gasteiger partial charge is 2.00 e. The summed E-state index contributed by atoms with van der Waals surface area (Å²) < 4.78 is 53.1. The summed E-state index contributed by atoms with van der Waals surface area (Å²) in [6.45, 7) is 0. The summed E-state index contributed by atoms with van der Waals surface area (Å²) in [4.78, 5) is 40.1. The van der Waals surface area contributed by atoms with Gasteiger partial charge in [-0.3, -0.25) is 0 Å². The summed E-state index contributed by atoms with van der Waals surface area (Å²) in [5, 5.41) is -1.76. The van der Waals surface area contributed by atoms with Gasteiger partial charge in [0.25, 0.3) is 0 Å². The number of halogens is 12. The molecule has 30 heteroatoms. The molecule has 0 spiro atoms. The van der Waals surface area contributed by atoms with Crippen LogP contribution >= 0.6 is 139 Å². The van der Waals surface area contributed by atoms with Gasteiger partial charge in [0.2, 0.25) is 5.75 Å². The van der Waals surface area contributed by atoms with Gasteiger partial charge in [0.05, 0.1) is 99.0 Å². The predicted octanol–water partition coefficient (Wildman–Crippen LogP) is 21.2. The van der Waals surface area contributed by atoms with E-state index in [1.165, 1.54) is 35.5 Å². The molecule has 2 aliphatic heterocycles. The SMILES string of the molecule is COc1ccc(Oc2c(Cl)c(Cl)c3c(c2Cl)-c2nc-3nc3[n-]c(nc4nc(nc5[n-]c(n2)c2c(Cl)c(Cl)c(Oc6ccc(OC)cc6)c(Cl)c52)-c2c(Cl)c(Cl)c(Oc5ccc(OC)cc5)c(Cl)c2-4)c2c(Cl)c(Oc4c(OC)cccc4OC)c(Cl)c(Cl)c32)cc1.[Zn+2]. The summed E-state index contributed by atoms with van der Waals surface area (Å²) in [5.41, 5.74) is -0.604. The number of nitrogens with zero attached hydrogens (tertiary/aromatic N) is 8. The molecular weight excluding hydrogens is 1480 g/mol. The zero-order valence-electron chi connectivity index (χ0n) is 46.7. The van der Waals surface area contributed by atoms with E-state index in [0.717, 1.165) is 0 Å². The second-order valence-corrected chi connectivity index (χ2v) is 23.5. The van der Waals surface area contributed by atoms with Crippen molar-refractivity contribution < 1.29 is 62.1 Å². The molecule has 0 atom stereocenters. The Morgan fingerprint density at radius 1 is 0.264 bits per heavy atom. The Bertz CT molecular complexity index is 5030. The first kappa shape index (κ1) is 64.5. The van der Waals surface area contributed by atoms with E-state index in [1.807, 2.05) is 0 Å². The Hall–Kier alpha value is -6.58. The van der Waals surface area contributed by atoms with E-state index in [0.29, 0.717) is 28.7 Å². The van der Waals surface area contributed by atoms with E-state index in [-0.39, 0.29) is 215 Å². The molecule has 0 aliphatic carbocycles. The number of rotatable bonds is 13. The quantitative estimate of drug-likeness (QED) is 0.0782. The third-order valence-corrected chi connectivity index (χ3v) is 18.8. The van der Waals surface area contributed by atoms with E-state index in [1.54, 1.807) is 91.0 Å². The number of methoxy groups -OCH3 is 5. The standard InChI is InChI=1S/C61H30Cl12N8O9.Zn/c1-82-21-9-15-24(16-10-21)87-50-41(66)33-29(37(62)45(50)70)54-74-55-32-36(44(69)53(48(73)40(32)65)90-49-27(85-4)7-6-8-28(49)86-5)61(76-55)81-60-35-31(39(64)47(72)52(43(35)68)89-26-19-13-23(84-3)14-20-26)57(80-60)79-59-34-30(56(78-59)77-58(33)75-54)38(63)46(71)51(42(34)67)88-25-17-11-22(83-2)12-18-25;/h6-20H,1-5H3;/q-2;+2. The number of hydrogen-bond donors (Lipinski definition) is 0. The van der Waals surface area contributed by atoms with Crippen molar-refractivity contribution in [1.82, 2.24) is 39.9 Å². The molecule has 0 fully saturated rings. The maximum Gasteiger partial charge on any atom is 2.00 e. The molecule has 91 heavy (non-hydrogen) atoms. The van der Waals surface area contributed by atoms with Crippen LogP contribution in [0.5, 0.6) is 74.7 Å². The third kappa shape index (κ3) is 11.1. The molecule has 11 aromatic rings. The van der Waals surface area contributed by atoms with Gasteiger partial charge in [-0.2, -0.15) is 0 Å². The Kier molecular flexibility index (Phi) is 18.2. The molecule has 2 aliphatic rings. The van der Waals surface area contributed by atoms with E-state index in [9.17, 15) is 0 Å². The van der Waals surface area contributed by atoms with E-state index in [4.69, 9.17) is 222 Å². The van der Waals surface area contributed by atoms with Crippen molar-refractivity contribution in [1.29, 1.82) is 0 Å². The fourth-order valence-electron chi connectivity index (χ4n) is 9.79. The van der Waals surface area contributed by atoms with Crippen molar-refractivity contribution in [3.05, 3.63) is 151 Å². The second kappa shape index (κ2) is 25.7. The van der Waals surface area contributed by atoms with E-state index in [2.05, 4.69) is 0 Å². The molecule has 8 aromatic carbocycles. The third-order valence-electron chi connectivity index (χ3n) is 14.0. The van der Waals surface area contributed by atoms with Gasteiger partial charge in [-0.05, 0) is 84.9 Å². The zero-order chi connectivity index (χ0) is 63.3. The van der Waals surface area contributed by atoms with Gasteiger partial charge >= 0.3 is 19.5 Å². The molecule has 0 amide bonds. The molecule has 8 bridgehead atoms. The van der Waals surface area contributed by atoms with Crippen molar-refractivity contribution in [3.63, 3.8) is 0 Å². The normalized spacial score (nSPS) is 11.5. The van der Waals surface area contributed by atoms with E-state index >= 15 is 0 Å². The molecule has 5 heterocycles. The van der Waals surface area contributed by atoms with Gasteiger partial charge in [-0.1, -0.05) is 145 Å². The van der Waals surface area contributed by atoms with Gasteiger partial charge in [0.15, 0.2) is 34.5 Å². The Balaban J connectivity index is 0.00000800. The van der Waals surface area contributed by atoms with Crippen molar-refractivity contribution in [2.45, 2.75) is 0 Å². The summed E-state index contributed by atoms with van der Waals surface area (Å²) in [7, 11) is 7.45.